The molecular formula is C12H25N3. The normalized spacial score (nSPS) is 32.7. The van der Waals surface area contributed by atoms with Crippen LogP contribution in [-0.4, -0.2) is 18.5 Å². The standard InChI is InChI=1S/C12H25N3/c1-4-8-14-12(13)15-11-7-5-6-9(2)10(11)3/h9-11H,4-8H2,1-3H3,(H3,13,14,15). The lowest BCUT2D eigenvalue weighted by Gasteiger charge is -2.34. The highest BCUT2D eigenvalue weighted by Crippen LogP contribution is 2.29. The molecule has 3 nitrogen and oxygen atoms in total. The van der Waals surface area contributed by atoms with Gasteiger partial charge in [-0.2, -0.15) is 0 Å². The van der Waals surface area contributed by atoms with E-state index in [4.69, 9.17) is 5.73 Å². The van der Waals surface area contributed by atoms with Crippen molar-refractivity contribution in [3.63, 3.8) is 0 Å². The van der Waals surface area contributed by atoms with Crippen LogP contribution in [0.25, 0.3) is 0 Å². The van der Waals surface area contributed by atoms with Gasteiger partial charge in [0.25, 0.3) is 0 Å². The molecule has 0 aromatic carbocycles. The molecule has 88 valence electrons. The lowest BCUT2D eigenvalue weighted by Crippen LogP contribution is -2.46. The number of aliphatic imine (C=N–C) groups is 1. The van der Waals surface area contributed by atoms with Gasteiger partial charge in [-0.25, -0.2) is 0 Å². The van der Waals surface area contributed by atoms with Crippen molar-refractivity contribution in [2.24, 2.45) is 22.6 Å². The fourth-order valence-electron chi connectivity index (χ4n) is 2.25. The van der Waals surface area contributed by atoms with Crippen LogP contribution in [0.4, 0.5) is 0 Å². The number of nitrogens with one attached hydrogen (secondary N) is 1. The molecule has 0 spiro atoms. The minimum Gasteiger partial charge on any atom is -0.370 e. The van der Waals surface area contributed by atoms with Crippen LogP contribution in [0.3, 0.4) is 0 Å². The van der Waals surface area contributed by atoms with Crippen LogP contribution in [0.5, 0.6) is 0 Å². The third-order valence-corrected chi connectivity index (χ3v) is 3.55. The summed E-state index contributed by atoms with van der Waals surface area (Å²) in [7, 11) is 0. The summed E-state index contributed by atoms with van der Waals surface area (Å²) in [5.74, 6) is 2.13. The van der Waals surface area contributed by atoms with Crippen molar-refractivity contribution in [3.8, 4) is 0 Å². The molecule has 0 bridgehead atoms. The van der Waals surface area contributed by atoms with Crippen LogP contribution < -0.4 is 11.1 Å². The van der Waals surface area contributed by atoms with E-state index in [2.05, 4.69) is 31.1 Å². The van der Waals surface area contributed by atoms with E-state index >= 15 is 0 Å². The third kappa shape index (κ3) is 3.73. The van der Waals surface area contributed by atoms with Crippen molar-refractivity contribution in [3.05, 3.63) is 0 Å². The Bertz CT molecular complexity index is 213. The molecule has 3 unspecified atom stereocenters. The van der Waals surface area contributed by atoms with Gasteiger partial charge in [-0.1, -0.05) is 33.6 Å². The first-order valence-corrected chi connectivity index (χ1v) is 6.21. The molecule has 0 aromatic heterocycles. The van der Waals surface area contributed by atoms with Crippen molar-refractivity contribution < 1.29 is 0 Å². The largest absolute Gasteiger partial charge is 0.370 e. The Kier molecular flexibility index (Phi) is 4.92. The Morgan fingerprint density at radius 2 is 2.13 bits per heavy atom. The Balaban J connectivity index is 2.42. The van der Waals surface area contributed by atoms with E-state index in [0.717, 1.165) is 18.9 Å². The van der Waals surface area contributed by atoms with Crippen molar-refractivity contribution in [2.45, 2.75) is 52.5 Å². The van der Waals surface area contributed by atoms with Crippen molar-refractivity contribution in [1.29, 1.82) is 0 Å². The van der Waals surface area contributed by atoms with Gasteiger partial charge in [-0.05, 0) is 24.7 Å². The summed E-state index contributed by atoms with van der Waals surface area (Å²) in [6.07, 6.45) is 4.95. The van der Waals surface area contributed by atoms with Crippen molar-refractivity contribution in [2.75, 3.05) is 6.54 Å². The minimum absolute atomic E-state index is 0.523. The van der Waals surface area contributed by atoms with Gasteiger partial charge >= 0.3 is 0 Å². The molecule has 0 saturated heterocycles. The van der Waals surface area contributed by atoms with Gasteiger partial charge in [-0.15, -0.1) is 0 Å². The Morgan fingerprint density at radius 3 is 2.80 bits per heavy atom. The molecule has 0 radical (unpaired) electrons. The van der Waals surface area contributed by atoms with E-state index < -0.39 is 0 Å². The molecule has 1 aliphatic carbocycles. The summed E-state index contributed by atoms with van der Waals surface area (Å²) in [6, 6.07) is 0.523. The number of hydrogen-bond acceptors (Lipinski definition) is 1. The van der Waals surface area contributed by atoms with Crippen LogP contribution in [0, 0.1) is 11.8 Å². The maximum Gasteiger partial charge on any atom is 0.188 e. The Labute approximate surface area is 93.5 Å². The van der Waals surface area contributed by atoms with Gasteiger partial charge < -0.3 is 11.1 Å². The molecule has 3 atom stereocenters. The highest BCUT2D eigenvalue weighted by Gasteiger charge is 2.26. The molecular weight excluding hydrogens is 186 g/mol. The van der Waals surface area contributed by atoms with E-state index in [9.17, 15) is 0 Å². The number of rotatable bonds is 3. The van der Waals surface area contributed by atoms with Gasteiger partial charge in [0.15, 0.2) is 5.96 Å². The topological polar surface area (TPSA) is 50.4 Å². The molecule has 0 aromatic rings. The predicted octanol–water partition coefficient (Wildman–Crippen LogP) is 2.13. The number of nitrogens with zero attached hydrogens (tertiary/aromatic N) is 1. The second-order valence-corrected chi connectivity index (χ2v) is 4.79. The maximum atomic E-state index is 5.84. The molecule has 15 heavy (non-hydrogen) atoms. The van der Waals surface area contributed by atoms with Crippen LogP contribution in [-0.2, 0) is 0 Å². The average Bonchev–Trinajstić information content (AvgIpc) is 2.22. The first kappa shape index (κ1) is 12.3. The molecule has 3 heteroatoms. The second kappa shape index (κ2) is 5.99. The zero-order valence-corrected chi connectivity index (χ0v) is 10.3. The molecule has 0 heterocycles. The van der Waals surface area contributed by atoms with Crippen LogP contribution in [0.2, 0.25) is 0 Å². The average molecular weight is 211 g/mol. The van der Waals surface area contributed by atoms with E-state index in [1.807, 2.05) is 0 Å². The summed E-state index contributed by atoms with van der Waals surface area (Å²) in [5.41, 5.74) is 5.84. The van der Waals surface area contributed by atoms with Gasteiger partial charge in [0.2, 0.25) is 0 Å². The fourth-order valence-corrected chi connectivity index (χ4v) is 2.25. The number of guanidine groups is 1. The number of hydrogen-bond donors (Lipinski definition) is 2. The highest BCUT2D eigenvalue weighted by atomic mass is 15.1. The van der Waals surface area contributed by atoms with Crippen LogP contribution in [0.1, 0.15) is 46.5 Å². The summed E-state index contributed by atoms with van der Waals surface area (Å²) in [5, 5.41) is 3.36. The Hall–Kier alpha value is -0.730. The lowest BCUT2D eigenvalue weighted by molar-refractivity contribution is 0.224. The summed E-state index contributed by atoms with van der Waals surface area (Å²) < 4.78 is 0. The zero-order valence-electron chi connectivity index (χ0n) is 10.3. The second-order valence-electron chi connectivity index (χ2n) is 4.79. The van der Waals surface area contributed by atoms with Gasteiger partial charge in [0, 0.05) is 12.6 Å². The summed E-state index contributed by atoms with van der Waals surface area (Å²) in [4.78, 5) is 4.28. The SMILES string of the molecule is CCCN=C(N)NC1CCCC(C)C1C. The van der Waals surface area contributed by atoms with E-state index in [-0.39, 0.29) is 0 Å². The minimum atomic E-state index is 0.523. The lowest BCUT2D eigenvalue weighted by atomic mass is 9.78. The van der Waals surface area contributed by atoms with Crippen molar-refractivity contribution >= 4 is 5.96 Å². The smallest absolute Gasteiger partial charge is 0.188 e. The molecule has 1 fully saturated rings. The fraction of sp³-hybridized carbons (Fsp3) is 0.917. The van der Waals surface area contributed by atoms with Crippen LogP contribution >= 0.6 is 0 Å². The van der Waals surface area contributed by atoms with Crippen LogP contribution in [0.15, 0.2) is 4.99 Å². The molecule has 1 aliphatic rings. The quantitative estimate of drug-likeness (QED) is 0.555. The Morgan fingerprint density at radius 1 is 1.40 bits per heavy atom. The summed E-state index contributed by atoms with van der Waals surface area (Å²) in [6.45, 7) is 7.59. The zero-order chi connectivity index (χ0) is 11.3. The van der Waals surface area contributed by atoms with E-state index in [1.54, 1.807) is 0 Å². The molecule has 0 amide bonds. The first-order chi connectivity index (χ1) is 7.15. The summed E-state index contributed by atoms with van der Waals surface area (Å²) >= 11 is 0. The van der Waals surface area contributed by atoms with Gasteiger partial charge in [0.05, 0.1) is 0 Å². The maximum absolute atomic E-state index is 5.84. The molecule has 0 aliphatic heterocycles. The molecule has 3 N–H and O–H groups in total. The highest BCUT2D eigenvalue weighted by molar-refractivity contribution is 5.78. The van der Waals surface area contributed by atoms with Gasteiger partial charge in [-0.3, -0.25) is 4.99 Å². The third-order valence-electron chi connectivity index (χ3n) is 3.55. The van der Waals surface area contributed by atoms with Gasteiger partial charge in [0.1, 0.15) is 0 Å². The first-order valence-electron chi connectivity index (χ1n) is 6.21. The predicted molar refractivity (Wildman–Crippen MR) is 65.9 cm³/mol. The number of nitrogens with two attached hydrogens (primary N) is 1. The molecule has 1 saturated carbocycles. The monoisotopic (exact) mass is 211 g/mol. The molecule has 1 rings (SSSR count). The van der Waals surface area contributed by atoms with E-state index in [1.165, 1.54) is 19.3 Å². The van der Waals surface area contributed by atoms with E-state index in [0.29, 0.717) is 17.9 Å². The van der Waals surface area contributed by atoms with Crippen molar-refractivity contribution in [1.82, 2.24) is 5.32 Å².